The van der Waals surface area contributed by atoms with Crippen molar-refractivity contribution in [2.45, 2.75) is 51.7 Å². The monoisotopic (exact) mass is 267 g/mol. The zero-order chi connectivity index (χ0) is 13.0. The Labute approximate surface area is 115 Å². The number of likely N-dealkylation sites (N-methyl/N-ethyl adjacent to an activating group) is 1. The van der Waals surface area contributed by atoms with E-state index in [0.717, 1.165) is 29.3 Å². The molecule has 2 nitrogen and oxygen atoms in total. The Morgan fingerprint density at radius 1 is 1.33 bits per heavy atom. The van der Waals surface area contributed by atoms with Crippen LogP contribution in [0.25, 0.3) is 0 Å². The summed E-state index contributed by atoms with van der Waals surface area (Å²) in [5.41, 5.74) is 1.15. The van der Waals surface area contributed by atoms with Gasteiger partial charge in [-0.2, -0.15) is 0 Å². The van der Waals surface area contributed by atoms with Gasteiger partial charge in [-0.05, 0) is 50.4 Å². The molecule has 2 atom stereocenters. The molecule has 1 aromatic rings. The van der Waals surface area contributed by atoms with Crippen molar-refractivity contribution < 1.29 is 4.74 Å². The van der Waals surface area contributed by atoms with Gasteiger partial charge in [-0.3, -0.25) is 0 Å². The maximum Gasteiger partial charge on any atom is 0.124 e. The number of hydrogen-bond acceptors (Lipinski definition) is 2. The first-order valence-electron chi connectivity index (χ1n) is 6.87. The minimum atomic E-state index is 0.274. The molecule has 0 aromatic heterocycles. The minimum absolute atomic E-state index is 0.274. The van der Waals surface area contributed by atoms with Gasteiger partial charge >= 0.3 is 0 Å². The summed E-state index contributed by atoms with van der Waals surface area (Å²) >= 11 is 6.04. The molecule has 100 valence electrons. The fourth-order valence-corrected chi connectivity index (χ4v) is 2.76. The predicted octanol–water partition coefficient (Wildman–Crippen LogP) is 3.95. The Morgan fingerprint density at radius 2 is 2.11 bits per heavy atom. The van der Waals surface area contributed by atoms with E-state index in [0.29, 0.717) is 6.04 Å². The van der Waals surface area contributed by atoms with Crippen molar-refractivity contribution in [1.29, 1.82) is 0 Å². The fraction of sp³-hybridized carbons (Fsp3) is 0.600. The first kappa shape index (κ1) is 13.7. The lowest BCUT2D eigenvalue weighted by atomic mass is 9.92. The minimum Gasteiger partial charge on any atom is -0.488 e. The summed E-state index contributed by atoms with van der Waals surface area (Å²) in [4.78, 5) is 0. The lowest BCUT2D eigenvalue weighted by Crippen LogP contribution is -2.45. The number of aryl methyl sites for hydroxylation is 1. The molecule has 18 heavy (non-hydrogen) atoms. The average molecular weight is 268 g/mol. The summed E-state index contributed by atoms with van der Waals surface area (Å²) in [6.45, 7) is 5.21. The summed E-state index contributed by atoms with van der Waals surface area (Å²) in [6.07, 6.45) is 5.16. The second-order valence-corrected chi connectivity index (χ2v) is 5.45. The Hall–Kier alpha value is -0.730. The first-order valence-corrected chi connectivity index (χ1v) is 7.24. The Balaban J connectivity index is 2.08. The summed E-state index contributed by atoms with van der Waals surface area (Å²) in [5, 5.41) is 4.27. The van der Waals surface area contributed by atoms with Gasteiger partial charge in [-0.15, -0.1) is 0 Å². The van der Waals surface area contributed by atoms with Gasteiger partial charge in [-0.1, -0.05) is 31.0 Å². The summed E-state index contributed by atoms with van der Waals surface area (Å²) < 4.78 is 6.19. The van der Waals surface area contributed by atoms with Crippen LogP contribution in [0.1, 0.15) is 38.2 Å². The van der Waals surface area contributed by atoms with Crippen molar-refractivity contribution in [3.63, 3.8) is 0 Å². The highest BCUT2D eigenvalue weighted by Crippen LogP contribution is 2.28. The Kier molecular flexibility index (Phi) is 4.90. The smallest absolute Gasteiger partial charge is 0.124 e. The van der Waals surface area contributed by atoms with E-state index >= 15 is 0 Å². The fourth-order valence-electron chi connectivity index (χ4n) is 2.60. The van der Waals surface area contributed by atoms with E-state index < -0.39 is 0 Å². The zero-order valence-corrected chi connectivity index (χ0v) is 12.0. The van der Waals surface area contributed by atoms with E-state index in [-0.39, 0.29) is 6.10 Å². The highest BCUT2D eigenvalue weighted by atomic mass is 35.5. The molecular weight excluding hydrogens is 246 g/mol. The Morgan fingerprint density at radius 3 is 2.89 bits per heavy atom. The third kappa shape index (κ3) is 3.39. The molecule has 0 bridgehead atoms. The van der Waals surface area contributed by atoms with Crippen LogP contribution in [0.3, 0.4) is 0 Å². The van der Waals surface area contributed by atoms with E-state index in [1.165, 1.54) is 19.3 Å². The van der Waals surface area contributed by atoms with Crippen molar-refractivity contribution >= 4 is 11.6 Å². The number of hydrogen-bond donors (Lipinski definition) is 1. The molecule has 1 fully saturated rings. The molecule has 1 aromatic carbocycles. The molecule has 2 unspecified atom stereocenters. The Bertz CT molecular complexity index is 392. The molecule has 0 heterocycles. The van der Waals surface area contributed by atoms with Gasteiger partial charge in [0.05, 0.1) is 0 Å². The van der Waals surface area contributed by atoms with E-state index in [9.17, 15) is 0 Å². The second-order valence-electron chi connectivity index (χ2n) is 5.01. The van der Waals surface area contributed by atoms with Crippen LogP contribution < -0.4 is 10.1 Å². The van der Waals surface area contributed by atoms with Crippen LogP contribution in [0.5, 0.6) is 5.75 Å². The number of ether oxygens (including phenoxy) is 1. The van der Waals surface area contributed by atoms with Crippen LogP contribution >= 0.6 is 11.6 Å². The number of halogens is 1. The average Bonchev–Trinajstić information content (AvgIpc) is 2.36. The van der Waals surface area contributed by atoms with Gasteiger partial charge in [0.25, 0.3) is 0 Å². The third-order valence-electron chi connectivity index (χ3n) is 3.60. The van der Waals surface area contributed by atoms with Crippen LogP contribution in [0.15, 0.2) is 18.2 Å². The highest BCUT2D eigenvalue weighted by molar-refractivity contribution is 6.30. The van der Waals surface area contributed by atoms with Crippen LogP contribution in [-0.2, 0) is 0 Å². The summed E-state index contributed by atoms with van der Waals surface area (Å²) in [6, 6.07) is 6.33. The molecule has 0 radical (unpaired) electrons. The molecule has 1 saturated carbocycles. The molecule has 0 amide bonds. The SMILES string of the molecule is CCNC1CCCCC1Oc1cc(Cl)ccc1C. The maximum atomic E-state index is 6.19. The highest BCUT2D eigenvalue weighted by Gasteiger charge is 2.26. The number of benzene rings is 1. The van der Waals surface area contributed by atoms with Gasteiger partial charge in [-0.25, -0.2) is 0 Å². The van der Waals surface area contributed by atoms with E-state index in [4.69, 9.17) is 16.3 Å². The lowest BCUT2D eigenvalue weighted by molar-refractivity contribution is 0.114. The molecule has 1 aliphatic rings. The quantitative estimate of drug-likeness (QED) is 0.892. The molecule has 0 saturated heterocycles. The first-order chi connectivity index (χ1) is 8.70. The van der Waals surface area contributed by atoms with Crippen LogP contribution in [-0.4, -0.2) is 18.7 Å². The van der Waals surface area contributed by atoms with E-state index in [1.54, 1.807) is 0 Å². The zero-order valence-electron chi connectivity index (χ0n) is 11.2. The van der Waals surface area contributed by atoms with Crippen LogP contribution in [0.2, 0.25) is 5.02 Å². The van der Waals surface area contributed by atoms with Gasteiger partial charge in [0.1, 0.15) is 11.9 Å². The van der Waals surface area contributed by atoms with Crippen molar-refractivity contribution in [2.24, 2.45) is 0 Å². The second kappa shape index (κ2) is 6.44. The number of nitrogens with one attached hydrogen (secondary N) is 1. The maximum absolute atomic E-state index is 6.19. The molecular formula is C15H22ClNO. The van der Waals surface area contributed by atoms with Crippen LogP contribution in [0, 0.1) is 6.92 Å². The van der Waals surface area contributed by atoms with Crippen LogP contribution in [0.4, 0.5) is 0 Å². The summed E-state index contributed by atoms with van der Waals surface area (Å²) in [7, 11) is 0. The molecule has 0 spiro atoms. The van der Waals surface area contributed by atoms with Gasteiger partial charge < -0.3 is 10.1 Å². The molecule has 1 N–H and O–H groups in total. The molecule has 2 rings (SSSR count). The van der Waals surface area contributed by atoms with Gasteiger partial charge in [0.15, 0.2) is 0 Å². The van der Waals surface area contributed by atoms with Crippen molar-refractivity contribution in [2.75, 3.05) is 6.54 Å². The molecule has 1 aliphatic carbocycles. The van der Waals surface area contributed by atoms with E-state index in [2.05, 4.69) is 19.2 Å². The molecule has 0 aliphatic heterocycles. The third-order valence-corrected chi connectivity index (χ3v) is 3.83. The van der Waals surface area contributed by atoms with Crippen molar-refractivity contribution in [3.8, 4) is 5.75 Å². The summed E-state index contributed by atoms with van der Waals surface area (Å²) in [5.74, 6) is 0.928. The number of rotatable bonds is 4. The van der Waals surface area contributed by atoms with E-state index in [1.807, 2.05) is 18.2 Å². The van der Waals surface area contributed by atoms with Crippen molar-refractivity contribution in [1.82, 2.24) is 5.32 Å². The van der Waals surface area contributed by atoms with Gasteiger partial charge in [0, 0.05) is 11.1 Å². The largest absolute Gasteiger partial charge is 0.488 e. The topological polar surface area (TPSA) is 21.3 Å². The van der Waals surface area contributed by atoms with Gasteiger partial charge in [0.2, 0.25) is 0 Å². The van der Waals surface area contributed by atoms with Crippen molar-refractivity contribution in [3.05, 3.63) is 28.8 Å². The standard InChI is InChI=1S/C15H22ClNO/c1-3-17-13-6-4-5-7-14(13)18-15-10-12(16)9-8-11(15)2/h8-10,13-14,17H,3-7H2,1-2H3. The predicted molar refractivity (Wildman–Crippen MR) is 76.5 cm³/mol. The molecule has 3 heteroatoms. The lowest BCUT2D eigenvalue weighted by Gasteiger charge is -2.32. The normalized spacial score (nSPS) is 23.9.